The van der Waals surface area contributed by atoms with E-state index < -0.39 is 0 Å². The van der Waals surface area contributed by atoms with Crippen LogP contribution in [0.3, 0.4) is 0 Å². The highest BCUT2D eigenvalue weighted by molar-refractivity contribution is 5.85. The lowest BCUT2D eigenvalue weighted by Crippen LogP contribution is -2.39. The van der Waals surface area contributed by atoms with Crippen molar-refractivity contribution >= 4 is 12.4 Å². The quantitative estimate of drug-likeness (QED) is 0.929. The van der Waals surface area contributed by atoms with Crippen LogP contribution in [0.25, 0.3) is 0 Å². The summed E-state index contributed by atoms with van der Waals surface area (Å²) >= 11 is 0. The van der Waals surface area contributed by atoms with Crippen molar-refractivity contribution < 1.29 is 4.74 Å². The van der Waals surface area contributed by atoms with Gasteiger partial charge in [-0.3, -0.25) is 4.90 Å². The minimum Gasteiger partial charge on any atom is -0.496 e. The first-order valence-electron chi connectivity index (χ1n) is 7.21. The second kappa shape index (κ2) is 7.87. The zero-order valence-electron chi connectivity index (χ0n) is 12.8. The first-order chi connectivity index (χ1) is 9.10. The Labute approximate surface area is 128 Å². The van der Waals surface area contributed by atoms with E-state index in [-0.39, 0.29) is 12.4 Å². The lowest BCUT2D eigenvalue weighted by atomic mass is 9.91. The van der Waals surface area contributed by atoms with Crippen molar-refractivity contribution in [3.05, 3.63) is 29.3 Å². The van der Waals surface area contributed by atoms with E-state index in [0.717, 1.165) is 25.4 Å². The van der Waals surface area contributed by atoms with Crippen LogP contribution < -0.4 is 10.5 Å². The minimum atomic E-state index is 0. The molecule has 1 aromatic carbocycles. The van der Waals surface area contributed by atoms with Crippen LogP contribution in [-0.4, -0.2) is 31.1 Å². The Hall–Kier alpha value is -0.770. The number of nitrogens with zero attached hydrogens (tertiary/aromatic N) is 1. The van der Waals surface area contributed by atoms with Crippen molar-refractivity contribution in [3.8, 4) is 5.75 Å². The third-order valence-corrected chi connectivity index (χ3v) is 4.21. The van der Waals surface area contributed by atoms with Gasteiger partial charge >= 0.3 is 0 Å². The molecule has 0 aliphatic carbocycles. The molecule has 2 N–H and O–H groups in total. The predicted molar refractivity (Wildman–Crippen MR) is 86.6 cm³/mol. The summed E-state index contributed by atoms with van der Waals surface area (Å²) in [6, 6.07) is 6.73. The fourth-order valence-corrected chi connectivity index (χ4v) is 2.91. The van der Waals surface area contributed by atoms with Gasteiger partial charge in [0.2, 0.25) is 0 Å². The molecule has 4 heteroatoms. The van der Waals surface area contributed by atoms with E-state index in [9.17, 15) is 0 Å². The number of hydrogen-bond acceptors (Lipinski definition) is 3. The second-order valence-corrected chi connectivity index (χ2v) is 5.79. The summed E-state index contributed by atoms with van der Waals surface area (Å²) in [6.07, 6.45) is 2.43. The van der Waals surface area contributed by atoms with Gasteiger partial charge in [0.15, 0.2) is 0 Å². The number of hydrogen-bond donors (Lipinski definition) is 1. The molecule has 0 radical (unpaired) electrons. The molecule has 1 heterocycles. The van der Waals surface area contributed by atoms with E-state index in [1.54, 1.807) is 7.11 Å². The number of aryl methyl sites for hydroxylation is 1. The van der Waals surface area contributed by atoms with E-state index >= 15 is 0 Å². The van der Waals surface area contributed by atoms with Gasteiger partial charge in [0.05, 0.1) is 7.11 Å². The average Bonchev–Trinajstić information content (AvgIpc) is 2.39. The van der Waals surface area contributed by atoms with Crippen molar-refractivity contribution in [2.75, 3.05) is 20.2 Å². The topological polar surface area (TPSA) is 38.5 Å². The van der Waals surface area contributed by atoms with Crippen LogP contribution in [0.2, 0.25) is 0 Å². The first kappa shape index (κ1) is 17.3. The van der Waals surface area contributed by atoms with Gasteiger partial charge in [-0.15, -0.1) is 12.4 Å². The molecule has 20 heavy (non-hydrogen) atoms. The van der Waals surface area contributed by atoms with Gasteiger partial charge < -0.3 is 10.5 Å². The Morgan fingerprint density at radius 3 is 2.55 bits per heavy atom. The molecule has 1 unspecified atom stereocenters. The summed E-state index contributed by atoms with van der Waals surface area (Å²) in [4.78, 5) is 2.51. The maximum absolute atomic E-state index is 5.99. The van der Waals surface area contributed by atoms with Crippen molar-refractivity contribution in [2.45, 2.75) is 39.3 Å². The van der Waals surface area contributed by atoms with Crippen molar-refractivity contribution in [3.63, 3.8) is 0 Å². The van der Waals surface area contributed by atoms with E-state index in [0.29, 0.717) is 12.0 Å². The van der Waals surface area contributed by atoms with Gasteiger partial charge in [-0.2, -0.15) is 0 Å². The summed E-state index contributed by atoms with van der Waals surface area (Å²) < 4.78 is 5.45. The average molecular weight is 299 g/mol. The molecule has 0 spiro atoms. The van der Waals surface area contributed by atoms with Crippen LogP contribution in [0, 0.1) is 12.8 Å². The molecule has 1 aliphatic heterocycles. The molecule has 114 valence electrons. The van der Waals surface area contributed by atoms with Crippen LogP contribution in [-0.2, 0) is 6.54 Å². The molecule has 1 saturated heterocycles. The molecule has 1 atom stereocenters. The second-order valence-electron chi connectivity index (χ2n) is 5.79. The number of methoxy groups -OCH3 is 1. The lowest BCUT2D eigenvalue weighted by Gasteiger charge is -2.34. The Bertz CT molecular complexity index is 415. The first-order valence-corrected chi connectivity index (χ1v) is 7.21. The monoisotopic (exact) mass is 298 g/mol. The molecule has 0 aromatic heterocycles. The zero-order chi connectivity index (χ0) is 13.8. The smallest absolute Gasteiger partial charge is 0.123 e. The lowest BCUT2D eigenvalue weighted by molar-refractivity contribution is 0.164. The molecule has 1 fully saturated rings. The Morgan fingerprint density at radius 1 is 1.35 bits per heavy atom. The number of ether oxygens (including phenoxy) is 1. The zero-order valence-corrected chi connectivity index (χ0v) is 13.6. The number of benzene rings is 1. The minimum absolute atomic E-state index is 0. The standard InChI is InChI=1S/C16H26N2O.ClH/c1-12-4-5-16(19-3)15(10-12)11-18-8-6-14(7-9-18)13(2)17;/h4-5,10,13-14H,6-9,11,17H2,1-3H3;1H. The number of rotatable bonds is 4. The molecule has 2 rings (SSSR count). The molecular weight excluding hydrogens is 272 g/mol. The van der Waals surface area contributed by atoms with Crippen LogP contribution in [0.1, 0.15) is 30.9 Å². The summed E-state index contributed by atoms with van der Waals surface area (Å²) in [5.41, 5.74) is 8.58. The number of nitrogens with two attached hydrogens (primary N) is 1. The molecule has 0 bridgehead atoms. The van der Waals surface area contributed by atoms with Gasteiger partial charge in [0.25, 0.3) is 0 Å². The van der Waals surface area contributed by atoms with Gasteiger partial charge in [-0.25, -0.2) is 0 Å². The molecule has 1 aliphatic rings. The van der Waals surface area contributed by atoms with Crippen LogP contribution >= 0.6 is 12.4 Å². The molecule has 1 aromatic rings. The Morgan fingerprint density at radius 2 is 2.00 bits per heavy atom. The Kier molecular flexibility index (Phi) is 6.80. The van der Waals surface area contributed by atoms with Crippen molar-refractivity contribution in [1.29, 1.82) is 0 Å². The highest BCUT2D eigenvalue weighted by Gasteiger charge is 2.22. The van der Waals surface area contributed by atoms with E-state index in [4.69, 9.17) is 10.5 Å². The fourth-order valence-electron chi connectivity index (χ4n) is 2.91. The highest BCUT2D eigenvalue weighted by atomic mass is 35.5. The molecule has 0 saturated carbocycles. The van der Waals surface area contributed by atoms with Crippen LogP contribution in [0.4, 0.5) is 0 Å². The van der Waals surface area contributed by atoms with Crippen molar-refractivity contribution in [2.24, 2.45) is 11.7 Å². The van der Waals surface area contributed by atoms with Crippen LogP contribution in [0.15, 0.2) is 18.2 Å². The third kappa shape index (κ3) is 4.37. The maximum atomic E-state index is 5.99. The molecule has 3 nitrogen and oxygen atoms in total. The molecule has 0 amide bonds. The number of piperidine rings is 1. The summed E-state index contributed by atoms with van der Waals surface area (Å²) in [5, 5.41) is 0. The van der Waals surface area contributed by atoms with Gasteiger partial charge in [-0.1, -0.05) is 17.7 Å². The molecular formula is C16H27ClN2O. The van der Waals surface area contributed by atoms with E-state index in [1.165, 1.54) is 24.0 Å². The predicted octanol–water partition coefficient (Wildman–Crippen LogP) is 2.98. The largest absolute Gasteiger partial charge is 0.496 e. The van der Waals surface area contributed by atoms with E-state index in [2.05, 4.69) is 36.9 Å². The van der Waals surface area contributed by atoms with E-state index in [1.807, 2.05) is 0 Å². The van der Waals surface area contributed by atoms with Crippen molar-refractivity contribution in [1.82, 2.24) is 4.90 Å². The fraction of sp³-hybridized carbons (Fsp3) is 0.625. The van der Waals surface area contributed by atoms with Gasteiger partial charge in [0.1, 0.15) is 5.75 Å². The Balaban J connectivity index is 0.00000200. The summed E-state index contributed by atoms with van der Waals surface area (Å²) in [5.74, 6) is 1.69. The maximum Gasteiger partial charge on any atom is 0.123 e. The third-order valence-electron chi connectivity index (χ3n) is 4.21. The summed E-state index contributed by atoms with van der Waals surface area (Å²) in [6.45, 7) is 7.53. The number of likely N-dealkylation sites (tertiary alicyclic amines) is 1. The SMILES string of the molecule is COc1ccc(C)cc1CN1CCC(C(C)N)CC1.Cl. The van der Waals surface area contributed by atoms with Gasteiger partial charge in [-0.05, 0) is 51.8 Å². The number of halogens is 1. The summed E-state index contributed by atoms with van der Waals surface area (Å²) in [7, 11) is 1.75. The van der Waals surface area contributed by atoms with Crippen LogP contribution in [0.5, 0.6) is 5.75 Å². The highest BCUT2D eigenvalue weighted by Crippen LogP contribution is 2.25. The normalized spacial score (nSPS) is 18.4. The van der Waals surface area contributed by atoms with Gasteiger partial charge in [0, 0.05) is 18.2 Å².